The van der Waals surface area contributed by atoms with Crippen LogP contribution in [0.5, 0.6) is 0 Å². The largest absolute Gasteiger partial charge is 0.338 e. The van der Waals surface area contributed by atoms with Crippen LogP contribution in [0.1, 0.15) is 66.3 Å². The second-order valence-corrected chi connectivity index (χ2v) is 7.69. The molecule has 0 aromatic carbocycles. The van der Waals surface area contributed by atoms with Crippen molar-refractivity contribution in [1.29, 1.82) is 0 Å². The summed E-state index contributed by atoms with van der Waals surface area (Å²) >= 11 is 0. The van der Waals surface area contributed by atoms with Gasteiger partial charge < -0.3 is 9.88 Å². The summed E-state index contributed by atoms with van der Waals surface area (Å²) in [6, 6.07) is 3.12. The van der Waals surface area contributed by atoms with Gasteiger partial charge in [-0.1, -0.05) is 13.8 Å². The molecule has 0 radical (unpaired) electrons. The smallest absolute Gasteiger partial charge is 0.255 e. The van der Waals surface area contributed by atoms with Crippen LogP contribution >= 0.6 is 0 Å². The Balaban J connectivity index is 1.65. The second-order valence-electron chi connectivity index (χ2n) is 7.69. The normalized spacial score (nSPS) is 22.6. The number of carbonyl (C=O) groups is 1. The number of rotatable bonds is 2. The number of likely N-dealkylation sites (tertiary alicyclic amines) is 1. The number of nitrogens with zero attached hydrogens (tertiary/aromatic N) is 2. The summed E-state index contributed by atoms with van der Waals surface area (Å²) in [5, 5.41) is 7.38. The quantitative estimate of drug-likeness (QED) is 0.880. The van der Waals surface area contributed by atoms with Crippen LogP contribution in [0.4, 0.5) is 0 Å². The molecule has 1 atom stereocenters. The minimum Gasteiger partial charge on any atom is -0.338 e. The first-order valence-corrected chi connectivity index (χ1v) is 9.05. The van der Waals surface area contributed by atoms with Crippen molar-refractivity contribution < 1.29 is 4.79 Å². The molecular formula is C19H24N4O2. The minimum atomic E-state index is -0.159. The summed E-state index contributed by atoms with van der Waals surface area (Å²) in [5.74, 6) is 0.115. The minimum absolute atomic E-state index is 0.0138. The van der Waals surface area contributed by atoms with Crippen molar-refractivity contribution in [3.8, 4) is 0 Å². The van der Waals surface area contributed by atoms with E-state index < -0.39 is 0 Å². The number of aryl methyl sites for hydroxylation is 1. The van der Waals surface area contributed by atoms with Crippen LogP contribution < -0.4 is 5.56 Å². The van der Waals surface area contributed by atoms with E-state index >= 15 is 0 Å². The van der Waals surface area contributed by atoms with Gasteiger partial charge in [0.1, 0.15) is 0 Å². The lowest BCUT2D eigenvalue weighted by Crippen LogP contribution is -2.48. The van der Waals surface area contributed by atoms with Crippen molar-refractivity contribution >= 4 is 5.91 Å². The number of hydrogen-bond donors (Lipinski definition) is 2. The molecule has 0 saturated carbocycles. The lowest BCUT2D eigenvalue weighted by atomic mass is 9.77. The lowest BCUT2D eigenvalue weighted by Gasteiger charge is -2.40. The van der Waals surface area contributed by atoms with E-state index in [9.17, 15) is 9.59 Å². The maximum absolute atomic E-state index is 13.2. The fraction of sp³-hybridized carbons (Fsp3) is 0.526. The molecule has 3 heterocycles. The molecule has 1 aliphatic heterocycles. The molecule has 1 fully saturated rings. The van der Waals surface area contributed by atoms with Crippen molar-refractivity contribution in [2.75, 3.05) is 13.1 Å². The van der Waals surface area contributed by atoms with Crippen LogP contribution in [0, 0.1) is 0 Å². The highest BCUT2D eigenvalue weighted by Crippen LogP contribution is 2.44. The van der Waals surface area contributed by atoms with Gasteiger partial charge in [0.2, 0.25) is 5.56 Å². The number of nitrogens with one attached hydrogen (secondary N) is 2. The number of hydrogen-bond acceptors (Lipinski definition) is 3. The standard InChI is InChI=1S/C19H24N4O2/c1-12(2)16-14(4-5-15(24)21-16)18(25)23-9-3-7-19(11-23)8-6-13-10-20-22-17(13)19/h4-5,10,12H,3,6-9,11H2,1-2H3,(H,20,22)(H,21,24). The van der Waals surface area contributed by atoms with Crippen LogP contribution in [0.25, 0.3) is 0 Å². The molecule has 2 aromatic rings. The molecular weight excluding hydrogens is 316 g/mol. The van der Waals surface area contributed by atoms with Gasteiger partial charge in [0, 0.05) is 36.0 Å². The van der Waals surface area contributed by atoms with E-state index in [4.69, 9.17) is 0 Å². The first kappa shape index (κ1) is 16.1. The Bertz CT molecular complexity index is 866. The Morgan fingerprint density at radius 3 is 2.96 bits per heavy atom. The van der Waals surface area contributed by atoms with E-state index in [1.807, 2.05) is 24.9 Å². The molecule has 0 bridgehead atoms. The summed E-state index contributed by atoms with van der Waals surface area (Å²) in [5.41, 5.74) is 3.71. The average molecular weight is 340 g/mol. The summed E-state index contributed by atoms with van der Waals surface area (Å²) in [6.07, 6.45) is 6.11. The summed E-state index contributed by atoms with van der Waals surface area (Å²) < 4.78 is 0. The van der Waals surface area contributed by atoms with Crippen molar-refractivity contribution in [2.24, 2.45) is 0 Å². The molecule has 132 valence electrons. The number of H-pyrrole nitrogens is 2. The third kappa shape index (κ3) is 2.60. The van der Waals surface area contributed by atoms with Gasteiger partial charge in [0.25, 0.3) is 5.91 Å². The number of carbonyl (C=O) groups excluding carboxylic acids is 1. The highest BCUT2D eigenvalue weighted by molar-refractivity contribution is 5.95. The van der Waals surface area contributed by atoms with Crippen LogP contribution in [0.2, 0.25) is 0 Å². The third-order valence-electron chi connectivity index (χ3n) is 5.74. The molecule has 1 aliphatic carbocycles. The van der Waals surface area contributed by atoms with Gasteiger partial charge in [0.05, 0.1) is 11.8 Å². The number of amides is 1. The zero-order chi connectivity index (χ0) is 17.6. The molecule has 25 heavy (non-hydrogen) atoms. The van der Waals surface area contributed by atoms with Crippen molar-refractivity contribution in [1.82, 2.24) is 20.1 Å². The van der Waals surface area contributed by atoms with Gasteiger partial charge in [-0.25, -0.2) is 0 Å². The third-order valence-corrected chi connectivity index (χ3v) is 5.74. The van der Waals surface area contributed by atoms with Gasteiger partial charge in [-0.15, -0.1) is 0 Å². The first-order valence-electron chi connectivity index (χ1n) is 9.05. The van der Waals surface area contributed by atoms with Crippen molar-refractivity contribution in [3.05, 3.63) is 51.2 Å². The molecule has 4 rings (SSSR count). The number of pyridine rings is 1. The van der Waals surface area contributed by atoms with Gasteiger partial charge in [-0.05, 0) is 43.2 Å². The zero-order valence-electron chi connectivity index (χ0n) is 14.8. The monoisotopic (exact) mass is 340 g/mol. The fourth-order valence-electron chi connectivity index (χ4n) is 4.47. The average Bonchev–Trinajstić information content (AvgIpc) is 3.19. The van der Waals surface area contributed by atoms with Crippen LogP contribution in [0.15, 0.2) is 23.1 Å². The molecule has 2 aromatic heterocycles. The maximum Gasteiger partial charge on any atom is 0.255 e. The predicted octanol–water partition coefficient (Wildman–Crippen LogP) is 2.34. The first-order chi connectivity index (χ1) is 12.0. The van der Waals surface area contributed by atoms with Crippen molar-refractivity contribution in [2.45, 2.75) is 50.9 Å². The molecule has 1 saturated heterocycles. The van der Waals surface area contributed by atoms with E-state index in [1.165, 1.54) is 17.3 Å². The Kier molecular flexibility index (Phi) is 3.78. The van der Waals surface area contributed by atoms with E-state index in [-0.39, 0.29) is 22.8 Å². The zero-order valence-corrected chi connectivity index (χ0v) is 14.8. The van der Waals surface area contributed by atoms with Gasteiger partial charge >= 0.3 is 0 Å². The summed E-state index contributed by atoms with van der Waals surface area (Å²) in [7, 11) is 0. The molecule has 2 N–H and O–H groups in total. The highest BCUT2D eigenvalue weighted by Gasteiger charge is 2.44. The topological polar surface area (TPSA) is 81.8 Å². The van der Waals surface area contributed by atoms with E-state index in [0.717, 1.165) is 44.5 Å². The summed E-state index contributed by atoms with van der Waals surface area (Å²) in [6.45, 7) is 5.47. The maximum atomic E-state index is 13.2. The van der Waals surface area contributed by atoms with Crippen LogP contribution in [0.3, 0.4) is 0 Å². The molecule has 1 amide bonds. The second kappa shape index (κ2) is 5.86. The molecule has 6 nitrogen and oxygen atoms in total. The summed E-state index contributed by atoms with van der Waals surface area (Å²) in [4.78, 5) is 29.7. The number of aromatic amines is 2. The van der Waals surface area contributed by atoms with E-state index in [1.54, 1.807) is 6.07 Å². The highest BCUT2D eigenvalue weighted by atomic mass is 16.2. The molecule has 6 heteroatoms. The Labute approximate surface area is 146 Å². The SMILES string of the molecule is CC(C)c1[nH]c(=O)ccc1C(=O)N1CCCC2(CCc3cn[nH]c32)C1. The van der Waals surface area contributed by atoms with Gasteiger partial charge in [-0.3, -0.25) is 14.7 Å². The van der Waals surface area contributed by atoms with E-state index in [0.29, 0.717) is 5.56 Å². The number of piperidine rings is 1. The molecule has 1 spiro atoms. The fourth-order valence-corrected chi connectivity index (χ4v) is 4.47. The lowest BCUT2D eigenvalue weighted by molar-refractivity contribution is 0.0630. The molecule has 1 unspecified atom stereocenters. The van der Waals surface area contributed by atoms with Gasteiger partial charge in [-0.2, -0.15) is 5.10 Å². The Morgan fingerprint density at radius 2 is 2.16 bits per heavy atom. The number of fused-ring (bicyclic) bond motifs is 2. The predicted molar refractivity (Wildman–Crippen MR) is 94.9 cm³/mol. The van der Waals surface area contributed by atoms with E-state index in [2.05, 4.69) is 15.2 Å². The van der Waals surface area contributed by atoms with Crippen molar-refractivity contribution in [3.63, 3.8) is 0 Å². The van der Waals surface area contributed by atoms with Crippen LogP contribution in [-0.4, -0.2) is 39.1 Å². The van der Waals surface area contributed by atoms with Crippen LogP contribution in [-0.2, 0) is 11.8 Å². The number of aromatic nitrogens is 3. The Morgan fingerprint density at radius 1 is 1.32 bits per heavy atom. The Hall–Kier alpha value is -2.37. The molecule has 2 aliphatic rings. The van der Waals surface area contributed by atoms with Gasteiger partial charge in [0.15, 0.2) is 0 Å².